The van der Waals surface area contributed by atoms with Gasteiger partial charge in [0.15, 0.2) is 0 Å². The van der Waals surface area contributed by atoms with Crippen LogP contribution in [0.3, 0.4) is 0 Å². The monoisotopic (exact) mass is 426 g/mol. The third-order valence-electron chi connectivity index (χ3n) is 4.69. The second-order valence-electron chi connectivity index (χ2n) is 8.58. The minimum absolute atomic E-state index is 0.00868. The minimum Gasteiger partial charge on any atom is -0.350 e. The van der Waals surface area contributed by atoms with E-state index in [4.69, 9.17) is 0 Å². The molecule has 2 aromatic carbocycles. The Kier molecular flexibility index (Phi) is 8.97. The molecule has 162 valence electrons. The van der Waals surface area contributed by atoms with Crippen LogP contribution in [0.1, 0.15) is 51.7 Å². The minimum atomic E-state index is -0.485. The zero-order chi connectivity index (χ0) is 22.1. The van der Waals surface area contributed by atoms with Crippen LogP contribution >= 0.6 is 11.8 Å². The summed E-state index contributed by atoms with van der Waals surface area (Å²) in [6, 6.07) is 17.7. The molecular formula is C25H34N2O2S. The van der Waals surface area contributed by atoms with E-state index < -0.39 is 6.04 Å². The molecule has 1 N–H and O–H groups in total. The van der Waals surface area contributed by atoms with Gasteiger partial charge in [0.25, 0.3) is 0 Å². The lowest BCUT2D eigenvalue weighted by Crippen LogP contribution is -2.53. The number of hydrogen-bond donors (Lipinski definition) is 1. The fourth-order valence-corrected chi connectivity index (χ4v) is 4.03. The maximum atomic E-state index is 13.2. The highest BCUT2D eigenvalue weighted by Gasteiger charge is 2.30. The van der Waals surface area contributed by atoms with Crippen LogP contribution in [-0.2, 0) is 16.1 Å². The molecule has 0 spiro atoms. The average molecular weight is 427 g/mol. The molecule has 0 radical (unpaired) electrons. The Morgan fingerprint density at radius 3 is 2.23 bits per heavy atom. The fourth-order valence-electron chi connectivity index (χ4n) is 3.19. The molecule has 0 fully saturated rings. The lowest BCUT2D eigenvalue weighted by molar-refractivity contribution is -0.141. The number of amides is 2. The second kappa shape index (κ2) is 11.2. The third kappa shape index (κ3) is 7.86. The van der Waals surface area contributed by atoms with Gasteiger partial charge >= 0.3 is 0 Å². The molecule has 5 heteroatoms. The van der Waals surface area contributed by atoms with E-state index in [0.717, 1.165) is 10.5 Å². The zero-order valence-corrected chi connectivity index (χ0v) is 19.6. The van der Waals surface area contributed by atoms with Gasteiger partial charge in [0, 0.05) is 29.2 Å². The third-order valence-corrected chi connectivity index (χ3v) is 5.70. The van der Waals surface area contributed by atoms with Crippen molar-refractivity contribution in [2.45, 2.75) is 70.5 Å². The number of aryl methyl sites for hydroxylation is 1. The summed E-state index contributed by atoms with van der Waals surface area (Å²) >= 11 is 1.67. The van der Waals surface area contributed by atoms with Crippen LogP contribution in [-0.4, -0.2) is 34.0 Å². The van der Waals surface area contributed by atoms with Gasteiger partial charge in [0.1, 0.15) is 6.04 Å². The number of benzene rings is 2. The highest BCUT2D eigenvalue weighted by molar-refractivity contribution is 7.99. The molecule has 1 unspecified atom stereocenters. The first-order valence-corrected chi connectivity index (χ1v) is 11.5. The summed E-state index contributed by atoms with van der Waals surface area (Å²) < 4.78 is 0. The van der Waals surface area contributed by atoms with Gasteiger partial charge < -0.3 is 10.2 Å². The molecule has 0 saturated carbocycles. The van der Waals surface area contributed by atoms with Crippen molar-refractivity contribution in [1.82, 2.24) is 10.2 Å². The normalized spacial score (nSPS) is 12.3. The number of nitrogens with one attached hydrogen (secondary N) is 1. The topological polar surface area (TPSA) is 49.4 Å². The van der Waals surface area contributed by atoms with Crippen LogP contribution in [0.5, 0.6) is 0 Å². The van der Waals surface area contributed by atoms with Crippen molar-refractivity contribution in [3.8, 4) is 0 Å². The number of carbonyl (C=O) groups is 2. The molecule has 2 rings (SSSR count). The van der Waals surface area contributed by atoms with Crippen molar-refractivity contribution < 1.29 is 9.59 Å². The molecule has 2 aromatic rings. The molecule has 0 bridgehead atoms. The number of thioether (sulfide) groups is 1. The number of nitrogens with zero attached hydrogens (tertiary/aromatic N) is 1. The summed E-state index contributed by atoms with van der Waals surface area (Å²) in [6.45, 7) is 10.3. The largest absolute Gasteiger partial charge is 0.350 e. The first-order chi connectivity index (χ1) is 14.2. The lowest BCUT2D eigenvalue weighted by atomic mass is 10.1. The van der Waals surface area contributed by atoms with E-state index in [1.54, 1.807) is 16.7 Å². The van der Waals surface area contributed by atoms with Gasteiger partial charge in [-0.1, -0.05) is 55.0 Å². The van der Waals surface area contributed by atoms with Crippen molar-refractivity contribution in [2.75, 3.05) is 5.75 Å². The van der Waals surface area contributed by atoms with Crippen LogP contribution in [0.25, 0.3) is 0 Å². The van der Waals surface area contributed by atoms with Gasteiger partial charge in [-0.3, -0.25) is 9.59 Å². The number of hydrogen-bond acceptors (Lipinski definition) is 3. The van der Waals surface area contributed by atoms with E-state index in [1.807, 2.05) is 58.0 Å². The highest BCUT2D eigenvalue weighted by atomic mass is 32.2. The van der Waals surface area contributed by atoms with Crippen LogP contribution < -0.4 is 5.32 Å². The summed E-state index contributed by atoms with van der Waals surface area (Å²) in [6.07, 6.45) is 0.969. The highest BCUT2D eigenvalue weighted by Crippen LogP contribution is 2.21. The molecule has 0 aliphatic rings. The molecule has 0 aromatic heterocycles. The van der Waals surface area contributed by atoms with E-state index in [2.05, 4.69) is 36.5 Å². The Morgan fingerprint density at radius 2 is 1.67 bits per heavy atom. The summed E-state index contributed by atoms with van der Waals surface area (Å²) in [5, 5.41) is 3.04. The van der Waals surface area contributed by atoms with E-state index in [-0.39, 0.29) is 17.4 Å². The van der Waals surface area contributed by atoms with Crippen molar-refractivity contribution >= 4 is 23.6 Å². The van der Waals surface area contributed by atoms with Crippen molar-refractivity contribution in [3.63, 3.8) is 0 Å². The molecule has 2 amide bonds. The molecule has 4 nitrogen and oxygen atoms in total. The van der Waals surface area contributed by atoms with Crippen molar-refractivity contribution in [1.29, 1.82) is 0 Å². The van der Waals surface area contributed by atoms with Crippen LogP contribution in [0.2, 0.25) is 0 Å². The SMILES string of the molecule is CCC(C(=O)NC(C)(C)C)N(Cc1ccccc1)C(=O)CCSc1ccc(C)cc1. The van der Waals surface area contributed by atoms with Crippen LogP contribution in [0.4, 0.5) is 0 Å². The van der Waals surface area contributed by atoms with E-state index in [0.29, 0.717) is 25.1 Å². The molecule has 30 heavy (non-hydrogen) atoms. The first-order valence-electron chi connectivity index (χ1n) is 10.5. The van der Waals surface area contributed by atoms with Gasteiger partial charge in [-0.25, -0.2) is 0 Å². The Morgan fingerprint density at radius 1 is 1.03 bits per heavy atom. The number of rotatable bonds is 9. The first kappa shape index (κ1) is 24.0. The van der Waals surface area contributed by atoms with Crippen molar-refractivity contribution in [2.24, 2.45) is 0 Å². The molecule has 0 saturated heterocycles. The van der Waals surface area contributed by atoms with E-state index in [9.17, 15) is 9.59 Å². The Bertz CT molecular complexity index is 813. The smallest absolute Gasteiger partial charge is 0.243 e. The standard InChI is InChI=1S/C25H34N2O2S/c1-6-22(24(29)26-25(3,4)5)27(18-20-10-8-7-9-11-20)23(28)16-17-30-21-14-12-19(2)13-15-21/h7-15,22H,6,16-18H2,1-5H3,(H,26,29). The fraction of sp³-hybridized carbons (Fsp3) is 0.440. The predicted molar refractivity (Wildman–Crippen MR) is 125 cm³/mol. The van der Waals surface area contributed by atoms with Crippen LogP contribution in [0, 0.1) is 6.92 Å². The van der Waals surface area contributed by atoms with Gasteiger partial charge in [0.05, 0.1) is 0 Å². The number of carbonyl (C=O) groups excluding carboxylic acids is 2. The summed E-state index contributed by atoms with van der Waals surface area (Å²) in [5.74, 6) is 0.597. The van der Waals surface area contributed by atoms with E-state index >= 15 is 0 Å². The van der Waals surface area contributed by atoms with Gasteiger partial charge in [-0.05, 0) is 51.8 Å². The predicted octanol–water partition coefficient (Wildman–Crippen LogP) is 5.20. The second-order valence-corrected chi connectivity index (χ2v) is 9.75. The maximum absolute atomic E-state index is 13.2. The Labute approximate surface area is 185 Å². The molecule has 0 aliphatic heterocycles. The molecule has 0 aliphatic carbocycles. The van der Waals surface area contributed by atoms with E-state index in [1.165, 1.54) is 5.56 Å². The van der Waals surface area contributed by atoms with Gasteiger partial charge in [0.2, 0.25) is 11.8 Å². The maximum Gasteiger partial charge on any atom is 0.243 e. The lowest BCUT2D eigenvalue weighted by Gasteiger charge is -2.33. The Hall–Kier alpha value is -2.27. The van der Waals surface area contributed by atoms with Gasteiger partial charge in [-0.15, -0.1) is 11.8 Å². The summed E-state index contributed by atoms with van der Waals surface area (Å²) in [7, 11) is 0. The average Bonchev–Trinajstić information content (AvgIpc) is 2.68. The summed E-state index contributed by atoms with van der Waals surface area (Å²) in [4.78, 5) is 29.0. The molecule has 1 atom stereocenters. The zero-order valence-electron chi connectivity index (χ0n) is 18.8. The molecular weight excluding hydrogens is 392 g/mol. The Balaban J connectivity index is 2.11. The van der Waals surface area contributed by atoms with Crippen molar-refractivity contribution in [3.05, 3.63) is 65.7 Å². The molecule has 0 heterocycles. The summed E-state index contributed by atoms with van der Waals surface area (Å²) in [5.41, 5.74) is 1.91. The van der Waals surface area contributed by atoms with Crippen LogP contribution in [0.15, 0.2) is 59.5 Å². The van der Waals surface area contributed by atoms with Gasteiger partial charge in [-0.2, -0.15) is 0 Å². The quantitative estimate of drug-likeness (QED) is 0.561.